The Morgan fingerprint density at radius 1 is 0.514 bits per heavy atom. The first-order valence-electron chi connectivity index (χ1n) is 30.4. The minimum absolute atomic E-state index is 0.0429. The summed E-state index contributed by atoms with van der Waals surface area (Å²) in [5.74, 6) is -0.392. The molecule has 1 heterocycles. The largest absolute Gasteiger partial charge is 0.457 e. The summed E-state index contributed by atoms with van der Waals surface area (Å²) in [4.78, 5) is 13.0. The van der Waals surface area contributed by atoms with Crippen LogP contribution in [0.1, 0.15) is 296 Å². The summed E-state index contributed by atoms with van der Waals surface area (Å²) in [5, 5.41) is 30.9. The molecule has 0 radical (unpaired) electrons. The van der Waals surface area contributed by atoms with Crippen LogP contribution >= 0.6 is 0 Å². The molecule has 1 saturated heterocycles. The van der Waals surface area contributed by atoms with Gasteiger partial charge in [0.2, 0.25) is 0 Å². The van der Waals surface area contributed by atoms with E-state index in [9.17, 15) is 33.1 Å². The minimum atomic E-state index is -5.06. The van der Waals surface area contributed by atoms with E-state index in [0.717, 1.165) is 38.5 Å². The molecule has 1 rings (SSSR count). The van der Waals surface area contributed by atoms with Crippen molar-refractivity contribution in [2.24, 2.45) is 0 Å². The molecule has 0 aliphatic carbocycles. The molecule has 0 bridgehead atoms. The van der Waals surface area contributed by atoms with Gasteiger partial charge in [-0.25, -0.2) is 4.18 Å². The number of allylic oxidation sites excluding steroid dienone is 2. The fourth-order valence-corrected chi connectivity index (χ4v) is 10.3. The SMILES string of the molecule is CCCCCCCCCC/C=C\CCCCCCCCCCCCCC(=O)OC(COCCCCCCCCCCCCCCCCCCCCCCCC)COC1OC(CO)C(O)C(OS(=O)(=O)O)C1O. The van der Waals surface area contributed by atoms with Crippen LogP contribution in [0.2, 0.25) is 0 Å². The van der Waals surface area contributed by atoms with Crippen LogP contribution in [0.4, 0.5) is 0 Å². The topological polar surface area (TPSA) is 178 Å². The third kappa shape index (κ3) is 43.0. The average Bonchev–Trinajstić information content (AvgIpc) is 3.36. The van der Waals surface area contributed by atoms with E-state index < -0.39 is 59.8 Å². The number of carbonyl (C=O) groups excluding carboxylic acids is 1. The third-order valence-corrected chi connectivity index (χ3v) is 14.9. The number of aliphatic hydroxyl groups is 3. The molecule has 1 aliphatic rings. The van der Waals surface area contributed by atoms with Crippen LogP contribution in [0.5, 0.6) is 0 Å². The summed E-state index contributed by atoms with van der Waals surface area (Å²) in [6.07, 6.45) is 51.1. The first kappa shape index (κ1) is 68.9. The van der Waals surface area contributed by atoms with Crippen LogP contribution in [0.3, 0.4) is 0 Å². The molecule has 4 N–H and O–H groups in total. The quantitative estimate of drug-likeness (QED) is 0.0196. The van der Waals surface area contributed by atoms with Crippen LogP contribution in [0, 0.1) is 0 Å². The van der Waals surface area contributed by atoms with Gasteiger partial charge in [-0.15, -0.1) is 0 Å². The standard InChI is InChI=1S/C59H114O12S/c1-3-5-7-9-11-13-15-17-19-21-23-25-27-28-30-32-34-36-38-40-42-44-46-48-55(61)69-53(52-68-59-57(63)58(71-72(64,65)66)56(62)54(50-60)70-59)51-67-49-47-45-43-41-39-37-35-33-31-29-26-24-22-20-18-16-14-12-10-8-6-4-2/h21,23,53-54,56-60,62-63H,3-20,22,24-52H2,1-2H3,(H,64,65,66)/b23-21-. The molecule has 6 atom stereocenters. The van der Waals surface area contributed by atoms with Gasteiger partial charge >= 0.3 is 16.4 Å². The Hall–Kier alpha value is -1.16. The smallest absolute Gasteiger partial charge is 0.397 e. The maximum atomic E-state index is 13.0. The van der Waals surface area contributed by atoms with E-state index in [0.29, 0.717) is 13.0 Å². The summed E-state index contributed by atoms with van der Waals surface area (Å²) in [6.45, 7) is 4.07. The van der Waals surface area contributed by atoms with Crippen molar-refractivity contribution in [1.29, 1.82) is 0 Å². The molecule has 1 aliphatic heterocycles. The second-order valence-corrected chi connectivity index (χ2v) is 22.4. The van der Waals surface area contributed by atoms with Crippen LogP contribution in [0.15, 0.2) is 12.2 Å². The summed E-state index contributed by atoms with van der Waals surface area (Å²) in [5.41, 5.74) is 0. The highest BCUT2D eigenvalue weighted by Crippen LogP contribution is 2.26. The van der Waals surface area contributed by atoms with Crippen molar-refractivity contribution in [2.75, 3.05) is 26.4 Å². The molecule has 0 saturated carbocycles. The minimum Gasteiger partial charge on any atom is -0.457 e. The molecular weight excluding hydrogens is 933 g/mol. The maximum Gasteiger partial charge on any atom is 0.397 e. The predicted molar refractivity (Wildman–Crippen MR) is 294 cm³/mol. The molecule has 0 aromatic carbocycles. The van der Waals surface area contributed by atoms with E-state index in [1.54, 1.807) is 0 Å². The van der Waals surface area contributed by atoms with Crippen molar-refractivity contribution >= 4 is 16.4 Å². The zero-order chi connectivity index (χ0) is 52.4. The Morgan fingerprint density at radius 2 is 0.875 bits per heavy atom. The van der Waals surface area contributed by atoms with Crippen LogP contribution < -0.4 is 0 Å². The average molecular weight is 1050 g/mol. The fourth-order valence-electron chi connectivity index (χ4n) is 9.79. The molecule has 72 heavy (non-hydrogen) atoms. The zero-order valence-electron chi connectivity index (χ0n) is 46.5. The van der Waals surface area contributed by atoms with Gasteiger partial charge in [0.05, 0.1) is 19.8 Å². The van der Waals surface area contributed by atoms with Crippen LogP contribution in [0.25, 0.3) is 0 Å². The number of hydrogen-bond acceptors (Lipinski definition) is 11. The molecule has 6 unspecified atom stereocenters. The highest BCUT2D eigenvalue weighted by atomic mass is 32.3. The van der Waals surface area contributed by atoms with Gasteiger partial charge in [-0.1, -0.05) is 264 Å². The van der Waals surface area contributed by atoms with E-state index in [4.69, 9.17) is 18.9 Å². The van der Waals surface area contributed by atoms with Crippen molar-refractivity contribution in [3.05, 3.63) is 12.2 Å². The summed E-state index contributed by atoms with van der Waals surface area (Å²) < 4.78 is 59.5. The summed E-state index contributed by atoms with van der Waals surface area (Å²) in [7, 11) is -5.06. The molecule has 13 heteroatoms. The third-order valence-electron chi connectivity index (χ3n) is 14.4. The Labute approximate surface area is 442 Å². The first-order chi connectivity index (χ1) is 35.1. The predicted octanol–water partition coefficient (Wildman–Crippen LogP) is 15.3. The van der Waals surface area contributed by atoms with Gasteiger partial charge in [-0.2, -0.15) is 8.42 Å². The van der Waals surface area contributed by atoms with E-state index in [2.05, 4.69) is 30.2 Å². The van der Waals surface area contributed by atoms with Gasteiger partial charge in [0.15, 0.2) is 6.29 Å². The molecule has 0 aromatic heterocycles. The Kier molecular flexibility index (Phi) is 48.4. The van der Waals surface area contributed by atoms with E-state index in [1.807, 2.05) is 0 Å². The normalized spacial score (nSPS) is 18.9. The number of esters is 1. The van der Waals surface area contributed by atoms with Crippen molar-refractivity contribution < 1.29 is 56.2 Å². The van der Waals surface area contributed by atoms with Crippen LogP contribution in [-0.2, 0) is 38.3 Å². The molecule has 428 valence electrons. The zero-order valence-corrected chi connectivity index (χ0v) is 47.3. The lowest BCUT2D eigenvalue weighted by Gasteiger charge is -2.41. The first-order valence-corrected chi connectivity index (χ1v) is 31.8. The highest BCUT2D eigenvalue weighted by molar-refractivity contribution is 7.80. The van der Waals surface area contributed by atoms with Gasteiger partial charge < -0.3 is 34.3 Å². The lowest BCUT2D eigenvalue weighted by Crippen LogP contribution is -2.60. The van der Waals surface area contributed by atoms with Crippen molar-refractivity contribution in [1.82, 2.24) is 0 Å². The number of hydrogen-bond donors (Lipinski definition) is 4. The molecule has 12 nitrogen and oxygen atoms in total. The monoisotopic (exact) mass is 1050 g/mol. The Bertz CT molecular complexity index is 1300. The summed E-state index contributed by atoms with van der Waals surface area (Å²) in [6, 6.07) is 0. The number of carbonyl (C=O) groups is 1. The van der Waals surface area contributed by atoms with Crippen LogP contribution in [-0.4, -0.2) is 97.5 Å². The number of aliphatic hydroxyl groups excluding tert-OH is 3. The van der Waals surface area contributed by atoms with Crippen molar-refractivity contribution in [3.63, 3.8) is 0 Å². The van der Waals surface area contributed by atoms with E-state index in [1.165, 1.54) is 231 Å². The lowest BCUT2D eigenvalue weighted by atomic mass is 9.99. The van der Waals surface area contributed by atoms with Gasteiger partial charge in [0.25, 0.3) is 0 Å². The Morgan fingerprint density at radius 3 is 1.25 bits per heavy atom. The molecule has 0 amide bonds. The summed E-state index contributed by atoms with van der Waals surface area (Å²) >= 11 is 0. The van der Waals surface area contributed by atoms with E-state index in [-0.39, 0.29) is 19.6 Å². The lowest BCUT2D eigenvalue weighted by molar-refractivity contribution is -0.301. The second-order valence-electron chi connectivity index (χ2n) is 21.3. The van der Waals surface area contributed by atoms with Gasteiger partial charge in [0, 0.05) is 13.0 Å². The fraction of sp³-hybridized carbons (Fsp3) is 0.949. The van der Waals surface area contributed by atoms with Gasteiger partial charge in [-0.3, -0.25) is 9.35 Å². The molecule has 0 aromatic rings. The number of rotatable bonds is 55. The molecule has 1 fully saturated rings. The van der Waals surface area contributed by atoms with Gasteiger partial charge in [0.1, 0.15) is 30.5 Å². The van der Waals surface area contributed by atoms with Crippen molar-refractivity contribution in [2.45, 2.75) is 333 Å². The molecular formula is C59H114O12S. The van der Waals surface area contributed by atoms with E-state index >= 15 is 0 Å². The number of unbranched alkanes of at least 4 members (excludes halogenated alkanes) is 40. The van der Waals surface area contributed by atoms with Crippen molar-refractivity contribution in [3.8, 4) is 0 Å². The second kappa shape index (κ2) is 50.6. The number of ether oxygens (including phenoxy) is 4. The van der Waals surface area contributed by atoms with Gasteiger partial charge in [-0.05, 0) is 38.5 Å². The maximum absolute atomic E-state index is 13.0. The highest BCUT2D eigenvalue weighted by Gasteiger charge is 2.48. The Balaban J connectivity index is 2.26. The molecule has 0 spiro atoms.